The first-order chi connectivity index (χ1) is 13.2. The summed E-state index contributed by atoms with van der Waals surface area (Å²) in [6.45, 7) is 2.14. The van der Waals surface area contributed by atoms with Gasteiger partial charge in [0.15, 0.2) is 0 Å². The molecule has 3 rings (SSSR count). The first-order valence-electron chi connectivity index (χ1n) is 8.94. The molecule has 0 bridgehead atoms. The Morgan fingerprint density at radius 1 is 1.15 bits per heavy atom. The Balaban J connectivity index is 1.77. The van der Waals surface area contributed by atoms with Crippen LogP contribution in [0.15, 0.2) is 72.1 Å². The predicted molar refractivity (Wildman–Crippen MR) is 112 cm³/mol. The van der Waals surface area contributed by atoms with E-state index >= 15 is 0 Å². The second-order valence-electron chi connectivity index (χ2n) is 6.16. The molecule has 1 aromatic heterocycles. The number of aryl methyl sites for hydroxylation is 1. The van der Waals surface area contributed by atoms with Crippen LogP contribution < -0.4 is 10.1 Å². The Kier molecular flexibility index (Phi) is 6.44. The summed E-state index contributed by atoms with van der Waals surface area (Å²) in [4.78, 5) is 13.7. The fourth-order valence-corrected chi connectivity index (χ4v) is 3.63. The number of nitrogens with one attached hydrogen (secondary N) is 1. The lowest BCUT2D eigenvalue weighted by Gasteiger charge is -2.17. The number of amides is 1. The van der Waals surface area contributed by atoms with Crippen LogP contribution in [-0.4, -0.2) is 13.0 Å². The highest BCUT2D eigenvalue weighted by Crippen LogP contribution is 2.26. The molecule has 138 valence electrons. The molecule has 0 saturated heterocycles. The van der Waals surface area contributed by atoms with Gasteiger partial charge in [-0.2, -0.15) is 0 Å². The molecule has 1 atom stereocenters. The van der Waals surface area contributed by atoms with E-state index in [1.807, 2.05) is 35.7 Å². The molecular formula is C23H23NO2S. The van der Waals surface area contributed by atoms with Gasteiger partial charge in [-0.1, -0.05) is 49.4 Å². The summed E-state index contributed by atoms with van der Waals surface area (Å²) >= 11 is 1.64. The maximum atomic E-state index is 12.5. The first-order valence-corrected chi connectivity index (χ1v) is 9.82. The van der Waals surface area contributed by atoms with Crippen molar-refractivity contribution in [1.29, 1.82) is 0 Å². The zero-order valence-corrected chi connectivity index (χ0v) is 16.3. The van der Waals surface area contributed by atoms with E-state index in [0.29, 0.717) is 0 Å². The molecule has 0 aliphatic carbocycles. The maximum absolute atomic E-state index is 12.5. The summed E-state index contributed by atoms with van der Waals surface area (Å²) in [5.74, 6) is 0.640. The van der Waals surface area contributed by atoms with Crippen LogP contribution in [0, 0.1) is 0 Å². The van der Waals surface area contributed by atoms with Crippen LogP contribution in [0.3, 0.4) is 0 Å². The molecule has 0 saturated carbocycles. The molecule has 3 nitrogen and oxygen atoms in total. The van der Waals surface area contributed by atoms with Crippen LogP contribution >= 0.6 is 11.3 Å². The Labute approximate surface area is 164 Å². The molecule has 1 heterocycles. The molecule has 0 spiro atoms. The monoisotopic (exact) mass is 377 g/mol. The highest BCUT2D eigenvalue weighted by atomic mass is 32.1. The average molecular weight is 378 g/mol. The lowest BCUT2D eigenvalue weighted by atomic mass is 10.0. The standard InChI is InChI=1S/C23H23NO2S/c1-3-17-9-12-19(13-10-17)23(21-8-5-15-27-21)24-22(25)14-11-18-6-4-7-20(16-18)26-2/h4-16,23H,3H2,1-2H3,(H,24,25)/b14-11+/t23-/m1/s1. The third-order valence-electron chi connectivity index (χ3n) is 4.36. The Morgan fingerprint density at radius 3 is 2.63 bits per heavy atom. The van der Waals surface area contributed by atoms with Crippen molar-refractivity contribution in [3.05, 3.63) is 93.7 Å². The zero-order valence-electron chi connectivity index (χ0n) is 15.5. The first kappa shape index (κ1) is 18.9. The van der Waals surface area contributed by atoms with Crippen molar-refractivity contribution in [2.24, 2.45) is 0 Å². The molecule has 27 heavy (non-hydrogen) atoms. The van der Waals surface area contributed by atoms with Crippen LogP contribution in [0.4, 0.5) is 0 Å². The molecule has 1 amide bonds. The van der Waals surface area contributed by atoms with Gasteiger partial charge in [0.05, 0.1) is 13.2 Å². The number of hydrogen-bond donors (Lipinski definition) is 1. The number of carbonyl (C=O) groups excluding carboxylic acids is 1. The van der Waals surface area contributed by atoms with Gasteiger partial charge in [0.1, 0.15) is 5.75 Å². The van der Waals surface area contributed by atoms with Crippen molar-refractivity contribution in [3.8, 4) is 5.75 Å². The number of carbonyl (C=O) groups is 1. The summed E-state index contributed by atoms with van der Waals surface area (Å²) < 4.78 is 5.22. The SMILES string of the molecule is CCc1ccc([C@@H](NC(=O)/C=C/c2cccc(OC)c2)c2cccs2)cc1. The topological polar surface area (TPSA) is 38.3 Å². The van der Waals surface area contributed by atoms with Gasteiger partial charge >= 0.3 is 0 Å². The van der Waals surface area contributed by atoms with Gasteiger partial charge in [-0.05, 0) is 52.8 Å². The molecule has 0 fully saturated rings. The van der Waals surface area contributed by atoms with Crippen molar-refractivity contribution in [2.75, 3.05) is 7.11 Å². The van der Waals surface area contributed by atoms with E-state index in [9.17, 15) is 4.79 Å². The average Bonchev–Trinajstić information content (AvgIpc) is 3.25. The van der Waals surface area contributed by atoms with Crippen LogP contribution in [0.2, 0.25) is 0 Å². The maximum Gasteiger partial charge on any atom is 0.244 e. The Bertz CT molecular complexity index is 898. The van der Waals surface area contributed by atoms with E-state index in [4.69, 9.17) is 4.74 Å². The molecule has 2 aromatic carbocycles. The van der Waals surface area contributed by atoms with Crippen molar-refractivity contribution in [2.45, 2.75) is 19.4 Å². The molecular weight excluding hydrogens is 354 g/mol. The van der Waals surface area contributed by atoms with Gasteiger partial charge in [0, 0.05) is 11.0 Å². The molecule has 0 unspecified atom stereocenters. The fraction of sp³-hybridized carbons (Fsp3) is 0.174. The summed E-state index contributed by atoms with van der Waals surface area (Å²) in [5, 5.41) is 5.15. The number of ether oxygens (including phenoxy) is 1. The molecule has 4 heteroatoms. The van der Waals surface area contributed by atoms with Crippen molar-refractivity contribution >= 4 is 23.3 Å². The van der Waals surface area contributed by atoms with Gasteiger partial charge in [0.25, 0.3) is 0 Å². The lowest BCUT2D eigenvalue weighted by Crippen LogP contribution is -2.27. The highest BCUT2D eigenvalue weighted by molar-refractivity contribution is 7.10. The van der Waals surface area contributed by atoms with Crippen LogP contribution in [0.1, 0.15) is 34.5 Å². The number of thiophene rings is 1. The number of methoxy groups -OCH3 is 1. The number of benzene rings is 2. The van der Waals surface area contributed by atoms with E-state index in [1.54, 1.807) is 30.6 Å². The lowest BCUT2D eigenvalue weighted by molar-refractivity contribution is -0.116. The second kappa shape index (κ2) is 9.19. The molecule has 1 N–H and O–H groups in total. The predicted octanol–water partition coefficient (Wildman–Crippen LogP) is 5.24. The summed E-state index contributed by atoms with van der Waals surface area (Å²) in [6.07, 6.45) is 4.36. The van der Waals surface area contributed by atoms with Crippen LogP contribution in [0.25, 0.3) is 6.08 Å². The van der Waals surface area contributed by atoms with Gasteiger partial charge in [-0.3, -0.25) is 4.79 Å². The smallest absolute Gasteiger partial charge is 0.244 e. The van der Waals surface area contributed by atoms with Crippen LogP contribution in [0.5, 0.6) is 5.75 Å². The second-order valence-corrected chi connectivity index (χ2v) is 7.14. The van der Waals surface area contributed by atoms with Crippen molar-refractivity contribution < 1.29 is 9.53 Å². The number of rotatable bonds is 7. The van der Waals surface area contributed by atoms with Gasteiger partial charge in [-0.15, -0.1) is 11.3 Å². The zero-order chi connectivity index (χ0) is 19.1. The molecule has 0 aliphatic heterocycles. The normalized spacial score (nSPS) is 12.1. The van der Waals surface area contributed by atoms with E-state index in [2.05, 4.69) is 42.6 Å². The molecule has 0 aliphatic rings. The van der Waals surface area contributed by atoms with Gasteiger partial charge in [0.2, 0.25) is 5.91 Å². The van der Waals surface area contributed by atoms with E-state index < -0.39 is 0 Å². The summed E-state index contributed by atoms with van der Waals surface area (Å²) in [7, 11) is 1.63. The van der Waals surface area contributed by atoms with E-state index in [1.165, 1.54) is 5.56 Å². The summed E-state index contributed by atoms with van der Waals surface area (Å²) in [6, 6.07) is 19.9. The quantitative estimate of drug-likeness (QED) is 0.572. The minimum Gasteiger partial charge on any atom is -0.497 e. The van der Waals surface area contributed by atoms with Crippen molar-refractivity contribution in [1.82, 2.24) is 5.32 Å². The fourth-order valence-electron chi connectivity index (χ4n) is 2.83. The number of hydrogen-bond acceptors (Lipinski definition) is 3. The highest BCUT2D eigenvalue weighted by Gasteiger charge is 2.16. The third-order valence-corrected chi connectivity index (χ3v) is 5.29. The van der Waals surface area contributed by atoms with E-state index in [0.717, 1.165) is 28.2 Å². The van der Waals surface area contributed by atoms with Gasteiger partial charge in [-0.25, -0.2) is 0 Å². The minimum atomic E-state index is -0.154. The third kappa shape index (κ3) is 5.08. The Morgan fingerprint density at radius 2 is 1.96 bits per heavy atom. The largest absolute Gasteiger partial charge is 0.497 e. The van der Waals surface area contributed by atoms with Crippen molar-refractivity contribution in [3.63, 3.8) is 0 Å². The van der Waals surface area contributed by atoms with Crippen LogP contribution in [-0.2, 0) is 11.2 Å². The Hall–Kier alpha value is -2.85. The summed E-state index contributed by atoms with van der Waals surface area (Å²) in [5.41, 5.74) is 3.29. The van der Waals surface area contributed by atoms with Gasteiger partial charge < -0.3 is 10.1 Å². The molecule has 3 aromatic rings. The van der Waals surface area contributed by atoms with E-state index in [-0.39, 0.29) is 11.9 Å². The molecule has 0 radical (unpaired) electrons. The minimum absolute atomic E-state index is 0.129.